The zero-order chi connectivity index (χ0) is 17.0. The Morgan fingerprint density at radius 2 is 1.83 bits per heavy atom. The van der Waals surface area contributed by atoms with E-state index in [2.05, 4.69) is 10.6 Å². The molecule has 23 heavy (non-hydrogen) atoms. The second-order valence-corrected chi connectivity index (χ2v) is 5.89. The highest BCUT2D eigenvalue weighted by atomic mass is 16.4. The number of hydrogen-bond donors (Lipinski definition) is 3. The summed E-state index contributed by atoms with van der Waals surface area (Å²) in [5, 5.41) is 14.3. The van der Waals surface area contributed by atoms with Gasteiger partial charge < -0.3 is 20.6 Å². The lowest BCUT2D eigenvalue weighted by Crippen LogP contribution is -2.37. The van der Waals surface area contributed by atoms with E-state index in [0.717, 1.165) is 12.8 Å². The molecule has 1 aliphatic rings. The maximum Gasteiger partial charge on any atom is 0.323 e. The van der Waals surface area contributed by atoms with E-state index in [0.29, 0.717) is 11.3 Å². The van der Waals surface area contributed by atoms with E-state index in [4.69, 9.17) is 5.11 Å². The number of aliphatic carboxylic acids is 1. The summed E-state index contributed by atoms with van der Waals surface area (Å²) in [5.74, 6) is -1.32. The zero-order valence-electron chi connectivity index (χ0n) is 13.2. The maximum atomic E-state index is 12.4. The normalized spacial score (nSPS) is 13.5. The Labute approximate surface area is 134 Å². The molecule has 7 nitrogen and oxygen atoms in total. The predicted molar refractivity (Wildman–Crippen MR) is 85.4 cm³/mol. The molecule has 2 rings (SSSR count). The third-order valence-corrected chi connectivity index (χ3v) is 3.36. The standard InChI is InChI=1S/C16H21N3O4/c1-10(2)17-16(23)18-12-5-3-11(4-6-12)15(22)19(9-14(20)21)13-7-8-13/h3-6,10,13H,7-9H2,1-2H3,(H,20,21)(H2,17,18,23). The Balaban J connectivity index is 2.01. The van der Waals surface area contributed by atoms with E-state index >= 15 is 0 Å². The van der Waals surface area contributed by atoms with E-state index in [1.807, 2.05) is 13.8 Å². The average molecular weight is 319 g/mol. The third-order valence-electron chi connectivity index (χ3n) is 3.36. The molecule has 0 bridgehead atoms. The van der Waals surface area contributed by atoms with E-state index in [1.165, 1.54) is 4.90 Å². The molecule has 0 heterocycles. The summed E-state index contributed by atoms with van der Waals surface area (Å²) in [4.78, 5) is 36.3. The number of urea groups is 1. The fraction of sp³-hybridized carbons (Fsp3) is 0.438. The van der Waals surface area contributed by atoms with E-state index in [-0.39, 0.29) is 30.6 Å². The Kier molecular flexibility index (Phi) is 5.20. The quantitative estimate of drug-likeness (QED) is 0.746. The topological polar surface area (TPSA) is 98.7 Å². The summed E-state index contributed by atoms with van der Waals surface area (Å²) >= 11 is 0. The van der Waals surface area contributed by atoms with Gasteiger partial charge in [-0.05, 0) is 51.0 Å². The lowest BCUT2D eigenvalue weighted by atomic mass is 10.1. The highest BCUT2D eigenvalue weighted by Gasteiger charge is 2.34. The molecule has 3 N–H and O–H groups in total. The summed E-state index contributed by atoms with van der Waals surface area (Å²) in [6, 6.07) is 6.16. The zero-order valence-corrected chi connectivity index (χ0v) is 13.2. The van der Waals surface area contributed by atoms with Crippen molar-refractivity contribution in [1.82, 2.24) is 10.2 Å². The van der Waals surface area contributed by atoms with Crippen molar-refractivity contribution in [1.29, 1.82) is 0 Å². The Bertz CT molecular complexity index is 594. The number of carboxylic acid groups (broad SMARTS) is 1. The van der Waals surface area contributed by atoms with Crippen molar-refractivity contribution >= 4 is 23.6 Å². The number of benzene rings is 1. The monoisotopic (exact) mass is 319 g/mol. The summed E-state index contributed by atoms with van der Waals surface area (Å²) in [7, 11) is 0. The van der Waals surface area contributed by atoms with Gasteiger partial charge in [0.2, 0.25) is 0 Å². The number of amides is 3. The van der Waals surface area contributed by atoms with Crippen LogP contribution in [0.3, 0.4) is 0 Å². The van der Waals surface area contributed by atoms with Crippen molar-refractivity contribution in [2.45, 2.75) is 38.8 Å². The van der Waals surface area contributed by atoms with Gasteiger partial charge in [-0.25, -0.2) is 4.79 Å². The van der Waals surface area contributed by atoms with Crippen molar-refractivity contribution in [3.05, 3.63) is 29.8 Å². The number of rotatable bonds is 6. The fourth-order valence-electron chi connectivity index (χ4n) is 2.19. The molecular weight excluding hydrogens is 298 g/mol. The molecular formula is C16H21N3O4. The van der Waals surface area contributed by atoms with Crippen LogP contribution in [-0.2, 0) is 4.79 Å². The SMILES string of the molecule is CC(C)NC(=O)Nc1ccc(C(=O)N(CC(=O)O)C2CC2)cc1. The highest BCUT2D eigenvalue weighted by Crippen LogP contribution is 2.28. The predicted octanol–water partition coefficient (Wildman–Crippen LogP) is 1.91. The molecule has 0 unspecified atom stereocenters. The molecule has 0 radical (unpaired) electrons. The molecule has 7 heteroatoms. The van der Waals surface area contributed by atoms with Crippen molar-refractivity contribution in [3.63, 3.8) is 0 Å². The number of nitrogens with zero attached hydrogens (tertiary/aromatic N) is 1. The minimum atomic E-state index is -1.02. The van der Waals surface area contributed by atoms with Crippen LogP contribution in [0.5, 0.6) is 0 Å². The van der Waals surface area contributed by atoms with Crippen LogP contribution in [0.4, 0.5) is 10.5 Å². The molecule has 0 atom stereocenters. The Hall–Kier alpha value is -2.57. The first kappa shape index (κ1) is 16.8. The van der Waals surface area contributed by atoms with Gasteiger partial charge in [0, 0.05) is 23.3 Å². The van der Waals surface area contributed by atoms with Gasteiger partial charge in [-0.2, -0.15) is 0 Å². The van der Waals surface area contributed by atoms with Crippen LogP contribution in [0, 0.1) is 0 Å². The van der Waals surface area contributed by atoms with Gasteiger partial charge >= 0.3 is 12.0 Å². The van der Waals surface area contributed by atoms with Crippen molar-refractivity contribution in [3.8, 4) is 0 Å². The number of carbonyl (C=O) groups is 3. The molecule has 0 aromatic heterocycles. The van der Waals surface area contributed by atoms with Crippen molar-refractivity contribution < 1.29 is 19.5 Å². The molecule has 1 fully saturated rings. The van der Waals surface area contributed by atoms with Gasteiger partial charge in [0.05, 0.1) is 0 Å². The molecule has 0 spiro atoms. The summed E-state index contributed by atoms with van der Waals surface area (Å²) in [6.07, 6.45) is 1.68. The lowest BCUT2D eigenvalue weighted by molar-refractivity contribution is -0.137. The first-order valence-corrected chi connectivity index (χ1v) is 7.57. The first-order valence-electron chi connectivity index (χ1n) is 7.57. The molecule has 1 aromatic rings. The average Bonchev–Trinajstić information content (AvgIpc) is 3.28. The molecule has 1 aromatic carbocycles. The molecule has 1 aliphatic carbocycles. The minimum absolute atomic E-state index is 0.0215. The van der Waals surface area contributed by atoms with Gasteiger partial charge in [0.1, 0.15) is 6.54 Å². The summed E-state index contributed by atoms with van der Waals surface area (Å²) in [5.41, 5.74) is 0.976. The molecule has 124 valence electrons. The maximum absolute atomic E-state index is 12.4. The van der Waals surface area contributed by atoms with Gasteiger partial charge in [-0.1, -0.05) is 0 Å². The molecule has 1 saturated carbocycles. The number of carboxylic acids is 1. The van der Waals surface area contributed by atoms with Gasteiger partial charge in [0.25, 0.3) is 5.91 Å². The molecule has 3 amide bonds. The Morgan fingerprint density at radius 3 is 2.30 bits per heavy atom. The molecule has 0 saturated heterocycles. The van der Waals surface area contributed by atoms with Crippen LogP contribution in [0.2, 0.25) is 0 Å². The first-order chi connectivity index (χ1) is 10.9. The van der Waals surface area contributed by atoms with Gasteiger partial charge in [-0.15, -0.1) is 0 Å². The van der Waals surface area contributed by atoms with E-state index in [1.54, 1.807) is 24.3 Å². The van der Waals surface area contributed by atoms with Crippen molar-refractivity contribution in [2.24, 2.45) is 0 Å². The number of anilines is 1. The smallest absolute Gasteiger partial charge is 0.323 e. The van der Waals surface area contributed by atoms with E-state index in [9.17, 15) is 14.4 Å². The van der Waals surface area contributed by atoms with Crippen LogP contribution < -0.4 is 10.6 Å². The molecule has 0 aliphatic heterocycles. The minimum Gasteiger partial charge on any atom is -0.480 e. The second-order valence-electron chi connectivity index (χ2n) is 5.89. The summed E-state index contributed by atoms with van der Waals surface area (Å²) in [6.45, 7) is 3.42. The van der Waals surface area contributed by atoms with Crippen LogP contribution in [0.1, 0.15) is 37.0 Å². The highest BCUT2D eigenvalue weighted by molar-refractivity contribution is 5.97. The largest absolute Gasteiger partial charge is 0.480 e. The van der Waals surface area contributed by atoms with Crippen LogP contribution >= 0.6 is 0 Å². The van der Waals surface area contributed by atoms with Crippen LogP contribution in [0.25, 0.3) is 0 Å². The number of carbonyl (C=O) groups excluding carboxylic acids is 2. The van der Waals surface area contributed by atoms with Gasteiger partial charge in [-0.3, -0.25) is 9.59 Å². The second kappa shape index (κ2) is 7.13. The van der Waals surface area contributed by atoms with Crippen LogP contribution in [0.15, 0.2) is 24.3 Å². The van der Waals surface area contributed by atoms with Gasteiger partial charge in [0.15, 0.2) is 0 Å². The fourth-order valence-corrected chi connectivity index (χ4v) is 2.19. The van der Waals surface area contributed by atoms with E-state index < -0.39 is 5.97 Å². The third kappa shape index (κ3) is 4.98. The Morgan fingerprint density at radius 1 is 1.22 bits per heavy atom. The number of hydrogen-bond acceptors (Lipinski definition) is 3. The number of nitrogens with one attached hydrogen (secondary N) is 2. The summed E-state index contributed by atoms with van der Waals surface area (Å²) < 4.78 is 0. The lowest BCUT2D eigenvalue weighted by Gasteiger charge is -2.20. The van der Waals surface area contributed by atoms with Crippen molar-refractivity contribution in [2.75, 3.05) is 11.9 Å². The van der Waals surface area contributed by atoms with Crippen LogP contribution in [-0.4, -0.2) is 46.5 Å².